The first-order valence-corrected chi connectivity index (χ1v) is 8.59. The molecular formula is C18H32N2. The Morgan fingerprint density at radius 2 is 1.95 bits per heavy atom. The van der Waals surface area contributed by atoms with Gasteiger partial charge in [0.05, 0.1) is 12.0 Å². The van der Waals surface area contributed by atoms with Crippen LogP contribution in [0.2, 0.25) is 0 Å². The van der Waals surface area contributed by atoms with Gasteiger partial charge in [-0.3, -0.25) is 4.90 Å². The summed E-state index contributed by atoms with van der Waals surface area (Å²) >= 11 is 0. The highest BCUT2D eigenvalue weighted by molar-refractivity contribution is 5.00. The van der Waals surface area contributed by atoms with E-state index < -0.39 is 0 Å². The zero-order valence-electron chi connectivity index (χ0n) is 13.9. The van der Waals surface area contributed by atoms with Gasteiger partial charge in [-0.05, 0) is 49.5 Å². The Labute approximate surface area is 125 Å². The van der Waals surface area contributed by atoms with Crippen molar-refractivity contribution in [2.75, 3.05) is 13.1 Å². The van der Waals surface area contributed by atoms with Crippen LogP contribution in [0.15, 0.2) is 0 Å². The highest BCUT2D eigenvalue weighted by atomic mass is 15.2. The molecule has 0 aromatic carbocycles. The molecular weight excluding hydrogens is 244 g/mol. The summed E-state index contributed by atoms with van der Waals surface area (Å²) in [5, 5.41) is 9.49. The molecule has 2 aliphatic rings. The molecule has 0 bridgehead atoms. The van der Waals surface area contributed by atoms with E-state index in [2.05, 4.69) is 38.7 Å². The predicted octanol–water partition coefficient (Wildman–Crippen LogP) is 4.46. The molecule has 1 saturated heterocycles. The lowest BCUT2D eigenvalue weighted by Crippen LogP contribution is -2.43. The van der Waals surface area contributed by atoms with E-state index in [9.17, 15) is 5.26 Å². The number of rotatable bonds is 3. The summed E-state index contributed by atoms with van der Waals surface area (Å²) in [4.78, 5) is 2.66. The van der Waals surface area contributed by atoms with E-state index in [1.807, 2.05) is 0 Å². The minimum Gasteiger partial charge on any atom is -0.299 e. The van der Waals surface area contributed by atoms with Gasteiger partial charge in [0, 0.05) is 12.6 Å². The average Bonchev–Trinajstić information content (AvgIpc) is 2.88. The number of hydrogen-bond acceptors (Lipinski definition) is 2. The Kier molecular flexibility index (Phi) is 5.13. The zero-order chi connectivity index (χ0) is 14.8. The maximum atomic E-state index is 9.49. The van der Waals surface area contributed by atoms with Crippen LogP contribution in [0.5, 0.6) is 0 Å². The smallest absolute Gasteiger partial charge is 0.0672 e. The van der Waals surface area contributed by atoms with Gasteiger partial charge in [0.1, 0.15) is 0 Å². The van der Waals surface area contributed by atoms with Crippen molar-refractivity contribution >= 4 is 0 Å². The molecule has 2 fully saturated rings. The molecule has 2 rings (SSSR count). The lowest BCUT2D eigenvalue weighted by Gasteiger charge is -2.39. The van der Waals surface area contributed by atoms with E-state index in [4.69, 9.17) is 0 Å². The van der Waals surface area contributed by atoms with Crippen LogP contribution < -0.4 is 0 Å². The molecule has 0 spiro atoms. The van der Waals surface area contributed by atoms with Crippen molar-refractivity contribution in [1.82, 2.24) is 4.90 Å². The lowest BCUT2D eigenvalue weighted by molar-refractivity contribution is 0.108. The molecule has 0 aromatic heterocycles. The summed E-state index contributed by atoms with van der Waals surface area (Å²) < 4.78 is 0. The van der Waals surface area contributed by atoms with Crippen LogP contribution in [0.3, 0.4) is 0 Å². The van der Waals surface area contributed by atoms with Crippen molar-refractivity contribution in [3.8, 4) is 6.07 Å². The number of likely N-dealkylation sites (tertiary alicyclic amines) is 1. The molecule has 20 heavy (non-hydrogen) atoms. The SMILES string of the molecule is CCCC1CCC(C#N)C(N2CCC(C(C)(C)C)C2)C1. The first-order chi connectivity index (χ1) is 9.45. The number of hydrogen-bond donors (Lipinski definition) is 0. The van der Waals surface area contributed by atoms with Gasteiger partial charge in [-0.2, -0.15) is 5.26 Å². The van der Waals surface area contributed by atoms with Crippen LogP contribution in [-0.4, -0.2) is 24.0 Å². The van der Waals surface area contributed by atoms with E-state index in [0.717, 1.165) is 18.3 Å². The quantitative estimate of drug-likeness (QED) is 0.761. The number of nitrogens with zero attached hydrogens (tertiary/aromatic N) is 2. The first kappa shape index (κ1) is 15.8. The highest BCUT2D eigenvalue weighted by Gasteiger charge is 2.39. The van der Waals surface area contributed by atoms with Crippen molar-refractivity contribution < 1.29 is 0 Å². The van der Waals surface area contributed by atoms with Crippen LogP contribution in [0.4, 0.5) is 0 Å². The maximum Gasteiger partial charge on any atom is 0.0672 e. The Morgan fingerprint density at radius 1 is 1.20 bits per heavy atom. The standard InChI is InChI=1S/C18H32N2/c1-5-6-14-7-8-15(12-19)17(11-14)20-10-9-16(13-20)18(2,3)4/h14-17H,5-11,13H2,1-4H3. The zero-order valence-corrected chi connectivity index (χ0v) is 13.9. The van der Waals surface area contributed by atoms with Gasteiger partial charge in [-0.15, -0.1) is 0 Å². The largest absolute Gasteiger partial charge is 0.299 e. The van der Waals surface area contributed by atoms with Crippen LogP contribution in [0.1, 0.15) is 66.2 Å². The van der Waals surface area contributed by atoms with E-state index >= 15 is 0 Å². The van der Waals surface area contributed by atoms with E-state index in [-0.39, 0.29) is 5.92 Å². The molecule has 0 amide bonds. The maximum absolute atomic E-state index is 9.49. The summed E-state index contributed by atoms with van der Waals surface area (Å²) in [6.07, 6.45) is 7.63. The monoisotopic (exact) mass is 276 g/mol. The predicted molar refractivity (Wildman–Crippen MR) is 84.3 cm³/mol. The van der Waals surface area contributed by atoms with Crippen LogP contribution in [0, 0.1) is 34.5 Å². The van der Waals surface area contributed by atoms with Crippen molar-refractivity contribution in [2.45, 2.75) is 72.3 Å². The third-order valence-corrected chi connectivity index (χ3v) is 5.70. The van der Waals surface area contributed by atoms with Gasteiger partial charge in [0.15, 0.2) is 0 Å². The average molecular weight is 276 g/mol. The third kappa shape index (κ3) is 3.55. The molecule has 1 saturated carbocycles. The molecule has 0 radical (unpaired) electrons. The summed E-state index contributed by atoms with van der Waals surface area (Å²) in [6.45, 7) is 11.8. The van der Waals surface area contributed by atoms with Crippen LogP contribution in [-0.2, 0) is 0 Å². The highest BCUT2D eigenvalue weighted by Crippen LogP contribution is 2.40. The fraction of sp³-hybridized carbons (Fsp3) is 0.944. The molecule has 2 nitrogen and oxygen atoms in total. The van der Waals surface area contributed by atoms with Gasteiger partial charge in [0.25, 0.3) is 0 Å². The topological polar surface area (TPSA) is 27.0 Å². The van der Waals surface area contributed by atoms with Crippen LogP contribution >= 0.6 is 0 Å². The van der Waals surface area contributed by atoms with Gasteiger partial charge < -0.3 is 0 Å². The van der Waals surface area contributed by atoms with Gasteiger partial charge in [0.2, 0.25) is 0 Å². The lowest BCUT2D eigenvalue weighted by atomic mass is 9.76. The second-order valence-electron chi connectivity index (χ2n) is 8.12. The van der Waals surface area contributed by atoms with Crippen molar-refractivity contribution in [3.05, 3.63) is 0 Å². The first-order valence-electron chi connectivity index (χ1n) is 8.59. The van der Waals surface area contributed by atoms with E-state index in [0.29, 0.717) is 11.5 Å². The van der Waals surface area contributed by atoms with Crippen molar-refractivity contribution in [3.63, 3.8) is 0 Å². The molecule has 1 aliphatic carbocycles. The van der Waals surface area contributed by atoms with Gasteiger partial charge in [-0.25, -0.2) is 0 Å². The molecule has 0 aromatic rings. The second-order valence-corrected chi connectivity index (χ2v) is 8.12. The number of nitriles is 1. The fourth-order valence-electron chi connectivity index (χ4n) is 4.25. The van der Waals surface area contributed by atoms with Gasteiger partial charge >= 0.3 is 0 Å². The molecule has 0 N–H and O–H groups in total. The van der Waals surface area contributed by atoms with E-state index in [1.54, 1.807) is 0 Å². The third-order valence-electron chi connectivity index (χ3n) is 5.70. The van der Waals surface area contributed by atoms with Crippen molar-refractivity contribution in [1.29, 1.82) is 5.26 Å². The Balaban J connectivity index is 2.00. The summed E-state index contributed by atoms with van der Waals surface area (Å²) in [5.74, 6) is 1.94. The Bertz CT molecular complexity index is 349. The molecule has 4 atom stereocenters. The molecule has 2 heteroatoms. The fourth-order valence-corrected chi connectivity index (χ4v) is 4.25. The Hall–Kier alpha value is -0.550. The summed E-state index contributed by atoms with van der Waals surface area (Å²) in [6, 6.07) is 3.14. The minimum atomic E-state index is 0.279. The summed E-state index contributed by atoms with van der Waals surface area (Å²) in [7, 11) is 0. The molecule has 114 valence electrons. The Morgan fingerprint density at radius 3 is 2.50 bits per heavy atom. The van der Waals surface area contributed by atoms with E-state index in [1.165, 1.54) is 45.2 Å². The van der Waals surface area contributed by atoms with Gasteiger partial charge in [-0.1, -0.05) is 40.5 Å². The van der Waals surface area contributed by atoms with Crippen LogP contribution in [0.25, 0.3) is 0 Å². The molecule has 1 heterocycles. The summed E-state index contributed by atoms with van der Waals surface area (Å²) in [5.41, 5.74) is 0.411. The minimum absolute atomic E-state index is 0.279. The molecule has 1 aliphatic heterocycles. The second kappa shape index (κ2) is 6.48. The normalized spacial score (nSPS) is 36.0. The molecule has 4 unspecified atom stereocenters. The van der Waals surface area contributed by atoms with Crippen molar-refractivity contribution in [2.24, 2.45) is 23.2 Å².